The Bertz CT molecular complexity index is 1870. The highest BCUT2D eigenvalue weighted by Gasteiger charge is 2.44. The van der Waals surface area contributed by atoms with Gasteiger partial charge in [-0.2, -0.15) is 26.3 Å². The summed E-state index contributed by atoms with van der Waals surface area (Å²) in [4.78, 5) is 37.7. The van der Waals surface area contributed by atoms with Gasteiger partial charge in [-0.1, -0.05) is 24.0 Å². The van der Waals surface area contributed by atoms with Crippen LogP contribution >= 0.6 is 11.3 Å². The number of hydrogen-bond acceptors (Lipinski definition) is 9. The third-order valence-electron chi connectivity index (χ3n) is 7.99. The van der Waals surface area contributed by atoms with E-state index < -0.39 is 73.5 Å². The van der Waals surface area contributed by atoms with Crippen LogP contribution in [0.25, 0.3) is 10.1 Å². The molecule has 1 aliphatic heterocycles. The van der Waals surface area contributed by atoms with Crippen LogP contribution in [0.1, 0.15) is 40.1 Å². The second-order valence-electron chi connectivity index (χ2n) is 12.2. The zero-order chi connectivity index (χ0) is 39.1. The van der Waals surface area contributed by atoms with Gasteiger partial charge >= 0.3 is 18.3 Å². The molecule has 288 valence electrons. The fourth-order valence-electron chi connectivity index (χ4n) is 5.51. The topological polar surface area (TPSA) is 135 Å². The number of benzene rings is 2. The normalized spacial score (nSPS) is 16.6. The van der Waals surface area contributed by atoms with E-state index in [-0.39, 0.29) is 58.6 Å². The number of halogens is 8. The molecule has 2 unspecified atom stereocenters. The Balaban J connectivity index is 1.59. The van der Waals surface area contributed by atoms with Crippen molar-refractivity contribution in [2.75, 3.05) is 51.0 Å². The average Bonchev–Trinajstić information content (AvgIpc) is 3.40. The highest BCUT2D eigenvalue weighted by Crippen LogP contribution is 2.40. The van der Waals surface area contributed by atoms with Crippen molar-refractivity contribution in [1.29, 1.82) is 0 Å². The lowest BCUT2D eigenvalue weighted by molar-refractivity contribution is -0.153. The molecule has 1 aliphatic rings. The number of carbonyl (C=O) groups excluding carboxylic acids is 3. The molecule has 3 aromatic rings. The average molecular weight is 778 g/mol. The van der Waals surface area contributed by atoms with Gasteiger partial charge in [0.05, 0.1) is 53.6 Å². The quantitative estimate of drug-likeness (QED) is 0.0988. The molecule has 0 aliphatic carbocycles. The number of primary amides is 1. The van der Waals surface area contributed by atoms with E-state index in [0.717, 1.165) is 24.5 Å². The molecule has 5 N–H and O–H groups in total. The summed E-state index contributed by atoms with van der Waals surface area (Å²) in [7, 11) is 2.62. The van der Waals surface area contributed by atoms with Crippen LogP contribution in [0.3, 0.4) is 0 Å². The molecule has 0 radical (unpaired) electrons. The van der Waals surface area contributed by atoms with Gasteiger partial charge in [-0.05, 0) is 55.1 Å². The molecule has 10 nitrogen and oxygen atoms in total. The molecule has 0 spiro atoms. The van der Waals surface area contributed by atoms with Crippen LogP contribution in [0.5, 0.6) is 5.75 Å². The van der Waals surface area contributed by atoms with E-state index >= 15 is 0 Å². The van der Waals surface area contributed by atoms with Gasteiger partial charge in [0.25, 0.3) is 11.8 Å². The van der Waals surface area contributed by atoms with Gasteiger partial charge in [-0.25, -0.2) is 13.6 Å². The molecule has 53 heavy (non-hydrogen) atoms. The minimum Gasteiger partial charge on any atom is -0.482 e. The molecule has 1 fully saturated rings. The Morgan fingerprint density at radius 3 is 2.47 bits per heavy atom. The predicted molar refractivity (Wildman–Crippen MR) is 181 cm³/mol. The fraction of sp³-hybridized carbons (Fsp3) is 0.441. The molecule has 0 bridgehead atoms. The van der Waals surface area contributed by atoms with E-state index in [0.29, 0.717) is 11.2 Å². The fourth-order valence-corrected chi connectivity index (χ4v) is 6.68. The van der Waals surface area contributed by atoms with Gasteiger partial charge in [0.2, 0.25) is 5.91 Å². The van der Waals surface area contributed by atoms with Gasteiger partial charge < -0.3 is 36.1 Å². The number of amides is 2. The number of hydrogen-bond donors (Lipinski definition) is 4. The molecule has 4 rings (SSSR count). The number of rotatable bonds is 13. The first-order valence-electron chi connectivity index (χ1n) is 15.9. The maximum Gasteiger partial charge on any atom is 0.422 e. The Morgan fingerprint density at radius 2 is 1.83 bits per heavy atom. The number of thiophene rings is 1. The molecule has 2 aromatic carbocycles. The largest absolute Gasteiger partial charge is 0.482 e. The van der Waals surface area contributed by atoms with Crippen molar-refractivity contribution in [3.8, 4) is 17.6 Å². The summed E-state index contributed by atoms with van der Waals surface area (Å²) in [5.41, 5.74) is 4.90. The molecule has 2 atom stereocenters. The summed E-state index contributed by atoms with van der Waals surface area (Å²) in [5.74, 6) is -0.778. The number of likely N-dealkylation sites (tertiary alicyclic amines) is 1. The summed E-state index contributed by atoms with van der Waals surface area (Å²) >= 11 is 0.887. The highest BCUT2D eigenvalue weighted by atomic mass is 32.1. The number of ether oxygens (including phenoxy) is 2. The summed E-state index contributed by atoms with van der Waals surface area (Å²) < 4.78 is 120. The molecule has 0 saturated carbocycles. The minimum atomic E-state index is -4.77. The van der Waals surface area contributed by atoms with E-state index in [1.807, 2.05) is 0 Å². The Kier molecular flexibility index (Phi) is 13.0. The third kappa shape index (κ3) is 11.6. The zero-order valence-electron chi connectivity index (χ0n) is 28.3. The smallest absolute Gasteiger partial charge is 0.422 e. The molecular weight excluding hydrogens is 742 g/mol. The van der Waals surface area contributed by atoms with Gasteiger partial charge in [0, 0.05) is 18.5 Å². The first kappa shape index (κ1) is 40.9. The van der Waals surface area contributed by atoms with Crippen molar-refractivity contribution in [3.63, 3.8) is 0 Å². The van der Waals surface area contributed by atoms with Crippen molar-refractivity contribution in [2.45, 2.75) is 56.0 Å². The zero-order valence-corrected chi connectivity index (χ0v) is 29.1. The first-order chi connectivity index (χ1) is 24.8. The number of nitrogens with two attached hydrogens (primary N) is 1. The lowest BCUT2D eigenvalue weighted by Gasteiger charge is -2.37. The minimum absolute atomic E-state index is 0.0144. The van der Waals surface area contributed by atoms with E-state index in [1.54, 1.807) is 7.05 Å². The third-order valence-corrected chi connectivity index (χ3v) is 9.19. The van der Waals surface area contributed by atoms with Crippen LogP contribution in [-0.2, 0) is 20.7 Å². The molecular formula is C34H35F8N5O5S. The lowest BCUT2D eigenvalue weighted by Crippen LogP contribution is -2.53. The van der Waals surface area contributed by atoms with Crippen molar-refractivity contribution in [1.82, 2.24) is 10.2 Å². The second kappa shape index (κ2) is 16.9. The Labute approximate surface area is 302 Å². The number of esters is 1. The van der Waals surface area contributed by atoms with Gasteiger partial charge in [0.1, 0.15) is 11.8 Å². The van der Waals surface area contributed by atoms with Crippen LogP contribution in [0.4, 0.5) is 46.5 Å². The Hall–Kier alpha value is -4.83. The number of carbonyl (C=O) groups is 3. The monoisotopic (exact) mass is 777 g/mol. The first-order valence-corrected chi connectivity index (χ1v) is 16.8. The van der Waals surface area contributed by atoms with E-state index in [4.69, 9.17) is 10.5 Å². The van der Waals surface area contributed by atoms with Gasteiger partial charge in [0.15, 0.2) is 6.61 Å². The number of alkyl halides is 8. The van der Waals surface area contributed by atoms with Crippen molar-refractivity contribution >= 4 is 50.6 Å². The Morgan fingerprint density at radius 1 is 1.09 bits per heavy atom. The maximum atomic E-state index is 14.8. The van der Waals surface area contributed by atoms with Gasteiger partial charge in [-0.3, -0.25) is 9.59 Å². The van der Waals surface area contributed by atoms with Crippen LogP contribution < -0.4 is 26.4 Å². The van der Waals surface area contributed by atoms with Crippen molar-refractivity contribution in [2.24, 2.45) is 5.73 Å². The van der Waals surface area contributed by atoms with E-state index in [9.17, 15) is 49.5 Å². The summed E-state index contributed by atoms with van der Waals surface area (Å²) in [6.07, 6.45) is -11.1. The van der Waals surface area contributed by atoms with Crippen LogP contribution in [0, 0.1) is 11.8 Å². The maximum absolute atomic E-state index is 14.8. The standard InChI is InChI=1S/C34H35F8N5O5S/c1-47-14-12-27(32(35,36)17-47)45-23-6-3-5-20-21(16-33(37,38)39)26(53-29(20)23)7-4-13-44-22-9-8-19(15-25(22)52-18-34(40,41)42)30(49)46-24(31(50)51-2)10-11-28(43)48/h3,5-6,8-9,15,24,27,44-45H,10-14,16-18H2,1-2H3,(H2,43,48)(H,46,49). The predicted octanol–water partition coefficient (Wildman–Crippen LogP) is 5.70. The highest BCUT2D eigenvalue weighted by molar-refractivity contribution is 7.20. The molecule has 1 aromatic heterocycles. The van der Waals surface area contributed by atoms with Crippen molar-refractivity contribution < 1.29 is 59.0 Å². The van der Waals surface area contributed by atoms with Gasteiger partial charge in [-0.15, -0.1) is 11.3 Å². The number of piperidine rings is 1. The second-order valence-corrected chi connectivity index (χ2v) is 13.2. The number of anilines is 2. The SMILES string of the molecule is COC(=O)C(CCC(N)=O)NC(=O)c1ccc(NCC#Cc2sc3c(NC4CCN(C)CC4(F)F)cccc3c2CC(F)(F)F)c(OCC(F)(F)F)c1. The van der Waals surface area contributed by atoms with Crippen LogP contribution in [0.2, 0.25) is 0 Å². The van der Waals surface area contributed by atoms with Crippen LogP contribution in [0.15, 0.2) is 36.4 Å². The summed E-state index contributed by atoms with van der Waals surface area (Å²) in [6, 6.07) is 5.23. The summed E-state index contributed by atoms with van der Waals surface area (Å²) in [5, 5.41) is 8.07. The summed E-state index contributed by atoms with van der Waals surface area (Å²) in [6.45, 7) is -2.15. The lowest BCUT2D eigenvalue weighted by atomic mass is 10.0. The molecule has 19 heteroatoms. The number of nitrogens with one attached hydrogen (secondary N) is 3. The number of nitrogens with zero attached hydrogens (tertiary/aromatic N) is 1. The van der Waals surface area contributed by atoms with Crippen molar-refractivity contribution in [3.05, 3.63) is 52.4 Å². The van der Waals surface area contributed by atoms with E-state index in [1.165, 1.54) is 35.2 Å². The molecule has 2 amide bonds. The number of fused-ring (bicyclic) bond motifs is 1. The molecule has 1 saturated heterocycles. The van der Waals surface area contributed by atoms with E-state index in [2.05, 4.69) is 32.5 Å². The number of methoxy groups -OCH3 is 1. The molecule has 2 heterocycles. The van der Waals surface area contributed by atoms with Crippen LogP contribution in [-0.4, -0.2) is 93.4 Å².